The number of oxime groups is 2. The number of hydrogen-bond acceptors (Lipinski definition) is 6. The van der Waals surface area contributed by atoms with Gasteiger partial charge in [-0.15, -0.1) is 0 Å². The summed E-state index contributed by atoms with van der Waals surface area (Å²) in [6.45, 7) is 1.83. The van der Waals surface area contributed by atoms with Crippen molar-refractivity contribution in [2.75, 3.05) is 13.2 Å². The van der Waals surface area contributed by atoms with Gasteiger partial charge in [0, 0.05) is 35.4 Å². The average Bonchev–Trinajstić information content (AvgIpc) is 2.67. The van der Waals surface area contributed by atoms with E-state index in [1.165, 1.54) is 12.4 Å². The van der Waals surface area contributed by atoms with Gasteiger partial charge in [0.15, 0.2) is 24.8 Å². The molecule has 0 aliphatic heterocycles. The zero-order chi connectivity index (χ0) is 18.5. The van der Waals surface area contributed by atoms with Gasteiger partial charge < -0.3 is 44.7 Å². The molecular formula is C18H22Cl2N4O4. The normalized spacial score (nSPS) is 11.0. The lowest BCUT2D eigenvalue weighted by molar-refractivity contribution is -0.732. The van der Waals surface area contributed by atoms with Gasteiger partial charge in [0.2, 0.25) is 0 Å². The van der Waals surface area contributed by atoms with Crippen LogP contribution in [0, 0.1) is 0 Å². The van der Waals surface area contributed by atoms with E-state index in [0.717, 1.165) is 11.1 Å². The Morgan fingerprint density at radius 1 is 0.714 bits per heavy atom. The van der Waals surface area contributed by atoms with Crippen LogP contribution in [0.4, 0.5) is 0 Å². The Bertz CT molecular complexity index is 675. The molecule has 0 radical (unpaired) electrons. The van der Waals surface area contributed by atoms with E-state index in [-0.39, 0.29) is 24.8 Å². The minimum atomic E-state index is 0. The molecule has 0 bridgehead atoms. The minimum absolute atomic E-state index is 0. The van der Waals surface area contributed by atoms with Gasteiger partial charge in [-0.25, -0.2) is 0 Å². The largest absolute Gasteiger partial charge is 1.00 e. The molecule has 0 aliphatic carbocycles. The van der Waals surface area contributed by atoms with Gasteiger partial charge in [0.1, 0.15) is 0 Å². The Kier molecular flexibility index (Phi) is 14.1. The zero-order valence-corrected chi connectivity index (χ0v) is 16.5. The molecule has 2 aromatic rings. The molecule has 0 aliphatic rings. The summed E-state index contributed by atoms with van der Waals surface area (Å²) in [6.07, 6.45) is 13.9. The Hall–Kier alpha value is -2.52. The van der Waals surface area contributed by atoms with Crippen molar-refractivity contribution in [2.24, 2.45) is 10.3 Å². The summed E-state index contributed by atoms with van der Waals surface area (Å²) >= 11 is 0. The van der Waals surface area contributed by atoms with E-state index in [1.54, 1.807) is 0 Å². The fraction of sp³-hybridized carbons (Fsp3) is 0.222. The highest BCUT2D eigenvalue weighted by Gasteiger charge is 2.00. The molecule has 0 saturated carbocycles. The zero-order valence-electron chi connectivity index (χ0n) is 15.0. The molecule has 2 N–H and O–H groups in total. The van der Waals surface area contributed by atoms with Crippen molar-refractivity contribution in [3.05, 3.63) is 72.3 Å². The summed E-state index contributed by atoms with van der Waals surface area (Å²) in [5, 5.41) is 22.9. The number of aromatic nitrogens is 2. The quantitative estimate of drug-likeness (QED) is 0.0990. The predicted octanol–water partition coefficient (Wildman–Crippen LogP) is -4.91. The number of ether oxygens (including phenoxy) is 2. The third-order valence-electron chi connectivity index (χ3n) is 3.32. The average molecular weight is 429 g/mol. The second kappa shape index (κ2) is 15.5. The first-order valence-electron chi connectivity index (χ1n) is 7.95. The third kappa shape index (κ3) is 9.98. The molecule has 0 unspecified atom stereocenters. The van der Waals surface area contributed by atoms with Crippen molar-refractivity contribution < 1.29 is 53.8 Å². The predicted molar refractivity (Wildman–Crippen MR) is 93.1 cm³/mol. The van der Waals surface area contributed by atoms with Crippen LogP contribution in [0.15, 0.2) is 71.5 Å². The first-order chi connectivity index (χ1) is 12.8. The third-order valence-corrected chi connectivity index (χ3v) is 3.32. The number of rotatable bonds is 10. The molecule has 0 fully saturated rings. The molecule has 0 saturated heterocycles. The van der Waals surface area contributed by atoms with Crippen LogP contribution in [0.1, 0.15) is 11.1 Å². The molecule has 2 aromatic heterocycles. The van der Waals surface area contributed by atoms with Gasteiger partial charge in [-0.05, 0) is 0 Å². The number of hydrogen-bond donors (Lipinski definition) is 2. The van der Waals surface area contributed by atoms with Crippen LogP contribution in [0.5, 0.6) is 0 Å². The fourth-order valence-electron chi connectivity index (χ4n) is 2.00. The van der Waals surface area contributed by atoms with Crippen molar-refractivity contribution in [3.63, 3.8) is 0 Å². The number of halogens is 2. The van der Waals surface area contributed by atoms with Crippen LogP contribution in [-0.2, 0) is 22.9 Å². The summed E-state index contributed by atoms with van der Waals surface area (Å²) in [4.78, 5) is 0. The van der Waals surface area contributed by atoms with Crippen molar-refractivity contribution in [1.29, 1.82) is 0 Å². The first kappa shape index (κ1) is 25.5. The lowest BCUT2D eigenvalue weighted by Crippen LogP contribution is -3.00. The van der Waals surface area contributed by atoms with E-state index in [4.69, 9.17) is 19.9 Å². The van der Waals surface area contributed by atoms with Gasteiger partial charge in [-0.1, -0.05) is 22.5 Å². The summed E-state index contributed by atoms with van der Waals surface area (Å²) < 4.78 is 14.8. The SMILES string of the molecule is O/N=C\c1cc[n+](COC/C=C\COC[n+]2ccc(/C=N/O)cc2)cc1.[Cl-].[Cl-]. The second-order valence-electron chi connectivity index (χ2n) is 5.25. The molecule has 2 rings (SSSR count). The van der Waals surface area contributed by atoms with Crippen LogP contribution in [-0.4, -0.2) is 36.1 Å². The first-order valence-corrected chi connectivity index (χ1v) is 7.95. The van der Waals surface area contributed by atoms with Gasteiger partial charge in [-0.2, -0.15) is 9.13 Å². The Morgan fingerprint density at radius 2 is 1.07 bits per heavy atom. The molecule has 28 heavy (non-hydrogen) atoms. The van der Waals surface area contributed by atoms with E-state index < -0.39 is 0 Å². The lowest BCUT2D eigenvalue weighted by atomic mass is 10.3. The molecule has 0 amide bonds. The lowest BCUT2D eigenvalue weighted by Gasteiger charge is -1.99. The van der Waals surface area contributed by atoms with Crippen molar-refractivity contribution in [2.45, 2.75) is 13.5 Å². The van der Waals surface area contributed by atoms with E-state index in [2.05, 4.69) is 10.3 Å². The van der Waals surface area contributed by atoms with Crippen LogP contribution in [0.25, 0.3) is 0 Å². The standard InChI is InChI=1S/C18H20N4O4.2ClH/c23-19-13-17-3-7-21(8-4-17)15-25-11-1-2-12-26-16-22-9-5-18(6-10-22)14-20-24;;/h1-10,13-14H,11-12,15-16H2;2*1H/b2-1-;;. The van der Waals surface area contributed by atoms with E-state index in [0.29, 0.717) is 26.7 Å². The molecular weight excluding hydrogens is 407 g/mol. The summed E-state index contributed by atoms with van der Waals surface area (Å²) in [5.74, 6) is 0. The highest BCUT2D eigenvalue weighted by atomic mass is 35.5. The maximum absolute atomic E-state index is 8.45. The van der Waals surface area contributed by atoms with Crippen molar-refractivity contribution in [3.8, 4) is 0 Å². The van der Waals surface area contributed by atoms with Gasteiger partial charge in [-0.3, -0.25) is 0 Å². The number of pyridine rings is 2. The molecule has 0 aromatic carbocycles. The van der Waals surface area contributed by atoms with E-state index in [9.17, 15) is 0 Å². The molecule has 8 nitrogen and oxygen atoms in total. The van der Waals surface area contributed by atoms with Crippen molar-refractivity contribution >= 4 is 12.4 Å². The minimum Gasteiger partial charge on any atom is -1.00 e. The van der Waals surface area contributed by atoms with Crippen LogP contribution in [0.2, 0.25) is 0 Å². The van der Waals surface area contributed by atoms with Gasteiger partial charge in [0.25, 0.3) is 13.5 Å². The van der Waals surface area contributed by atoms with Crippen LogP contribution in [0.3, 0.4) is 0 Å². The molecule has 0 spiro atoms. The molecule has 0 atom stereocenters. The molecule has 10 heteroatoms. The molecule has 2 heterocycles. The van der Waals surface area contributed by atoms with E-state index in [1.807, 2.05) is 70.3 Å². The smallest absolute Gasteiger partial charge is 0.252 e. The molecule has 152 valence electrons. The van der Waals surface area contributed by atoms with E-state index >= 15 is 0 Å². The topological polar surface area (TPSA) is 91.4 Å². The van der Waals surface area contributed by atoms with Gasteiger partial charge in [0.05, 0.1) is 25.6 Å². The maximum Gasteiger partial charge on any atom is 0.252 e. The highest BCUT2D eigenvalue weighted by molar-refractivity contribution is 5.78. The van der Waals surface area contributed by atoms with Crippen LogP contribution >= 0.6 is 0 Å². The summed E-state index contributed by atoms with van der Waals surface area (Å²) in [7, 11) is 0. The highest BCUT2D eigenvalue weighted by Crippen LogP contribution is 1.91. The second-order valence-corrected chi connectivity index (χ2v) is 5.25. The fourth-order valence-corrected chi connectivity index (χ4v) is 2.00. The van der Waals surface area contributed by atoms with Crippen LogP contribution < -0.4 is 33.9 Å². The maximum atomic E-state index is 8.45. The van der Waals surface area contributed by atoms with Crippen molar-refractivity contribution in [1.82, 2.24) is 0 Å². The monoisotopic (exact) mass is 428 g/mol. The summed E-state index contributed by atoms with van der Waals surface area (Å²) in [5.41, 5.74) is 1.63. The Labute approximate surface area is 175 Å². The summed E-state index contributed by atoms with van der Waals surface area (Å²) in [6, 6.07) is 7.31. The van der Waals surface area contributed by atoms with Gasteiger partial charge >= 0.3 is 0 Å². The Balaban J connectivity index is 0.00000364. The Morgan fingerprint density at radius 3 is 1.39 bits per heavy atom. The number of nitrogens with zero attached hydrogens (tertiary/aromatic N) is 4.